The van der Waals surface area contributed by atoms with Gasteiger partial charge < -0.3 is 10.6 Å². The van der Waals surface area contributed by atoms with Crippen molar-refractivity contribution in [3.05, 3.63) is 0 Å². The first-order valence-corrected chi connectivity index (χ1v) is 7.78. The van der Waals surface area contributed by atoms with Crippen LogP contribution in [-0.4, -0.2) is 76.9 Å². The van der Waals surface area contributed by atoms with Gasteiger partial charge in [-0.2, -0.15) is 0 Å². The molecule has 1 heterocycles. The number of nitrogens with zero attached hydrogens (tertiary/aromatic N) is 3. The Kier molecular flexibility index (Phi) is 6.36. The van der Waals surface area contributed by atoms with Crippen molar-refractivity contribution >= 4 is 23.1 Å². The number of hydrogen-bond donors (Lipinski definition) is 1. The van der Waals surface area contributed by atoms with E-state index in [2.05, 4.69) is 23.6 Å². The lowest BCUT2D eigenvalue weighted by Gasteiger charge is -2.43. The van der Waals surface area contributed by atoms with Gasteiger partial charge in [0, 0.05) is 39.3 Å². The van der Waals surface area contributed by atoms with Gasteiger partial charge in [0.15, 0.2) is 0 Å². The predicted molar refractivity (Wildman–Crippen MR) is 86.8 cm³/mol. The van der Waals surface area contributed by atoms with E-state index in [1.54, 1.807) is 0 Å². The van der Waals surface area contributed by atoms with E-state index in [1.807, 2.05) is 18.7 Å². The summed E-state index contributed by atoms with van der Waals surface area (Å²) in [5.41, 5.74) is 5.56. The van der Waals surface area contributed by atoms with Crippen LogP contribution in [-0.2, 0) is 4.79 Å². The highest BCUT2D eigenvalue weighted by Crippen LogP contribution is 2.17. The van der Waals surface area contributed by atoms with Gasteiger partial charge in [-0.3, -0.25) is 14.6 Å². The van der Waals surface area contributed by atoms with Crippen LogP contribution in [0.25, 0.3) is 0 Å². The average Bonchev–Trinajstić information content (AvgIpc) is 2.40. The maximum Gasteiger partial charge on any atom is 0.236 e. The van der Waals surface area contributed by atoms with E-state index in [0.29, 0.717) is 11.5 Å². The van der Waals surface area contributed by atoms with Gasteiger partial charge in [0.05, 0.1) is 17.1 Å². The van der Waals surface area contributed by atoms with Crippen LogP contribution in [0.4, 0.5) is 0 Å². The number of amides is 1. The lowest BCUT2D eigenvalue weighted by Crippen LogP contribution is -2.59. The van der Waals surface area contributed by atoms with Crippen molar-refractivity contribution in [3.63, 3.8) is 0 Å². The van der Waals surface area contributed by atoms with Crippen LogP contribution < -0.4 is 5.73 Å². The van der Waals surface area contributed by atoms with Crippen molar-refractivity contribution in [1.29, 1.82) is 0 Å². The second-order valence-corrected chi connectivity index (χ2v) is 6.19. The minimum absolute atomic E-state index is 0.219. The molecule has 1 amide bonds. The summed E-state index contributed by atoms with van der Waals surface area (Å²) in [5, 5.41) is 0. The van der Waals surface area contributed by atoms with Gasteiger partial charge >= 0.3 is 0 Å². The molecule has 1 fully saturated rings. The van der Waals surface area contributed by atoms with E-state index >= 15 is 0 Å². The molecular formula is C14H28N4OS. The number of carbonyl (C=O) groups excluding carboxylic acids is 1. The summed E-state index contributed by atoms with van der Waals surface area (Å²) in [4.78, 5) is 19.0. The largest absolute Gasteiger partial charge is 0.392 e. The highest BCUT2D eigenvalue weighted by atomic mass is 32.1. The molecule has 1 saturated heterocycles. The summed E-state index contributed by atoms with van der Waals surface area (Å²) in [6, 6.07) is 0. The Bertz CT molecular complexity index is 347. The quantitative estimate of drug-likeness (QED) is 0.726. The SMILES string of the molecule is CCN(CC)C(=O)CN1CCN(C(C)(C)C(N)=S)CC1. The summed E-state index contributed by atoms with van der Waals surface area (Å²) in [6.45, 7) is 13.8. The first-order valence-electron chi connectivity index (χ1n) is 7.38. The molecule has 0 aromatic heterocycles. The molecule has 6 heteroatoms. The van der Waals surface area contributed by atoms with E-state index < -0.39 is 0 Å². The van der Waals surface area contributed by atoms with Crippen molar-refractivity contribution in [2.45, 2.75) is 33.2 Å². The van der Waals surface area contributed by atoms with Gasteiger partial charge in [-0.1, -0.05) is 12.2 Å². The van der Waals surface area contributed by atoms with Crippen LogP contribution >= 0.6 is 12.2 Å². The van der Waals surface area contributed by atoms with Crippen molar-refractivity contribution in [2.24, 2.45) is 5.73 Å². The monoisotopic (exact) mass is 300 g/mol. The smallest absolute Gasteiger partial charge is 0.236 e. The summed E-state index contributed by atoms with van der Waals surface area (Å²) < 4.78 is 0. The van der Waals surface area contributed by atoms with E-state index in [4.69, 9.17) is 18.0 Å². The van der Waals surface area contributed by atoms with E-state index in [-0.39, 0.29) is 11.4 Å². The third kappa shape index (κ3) is 4.14. The van der Waals surface area contributed by atoms with Crippen LogP contribution in [0.2, 0.25) is 0 Å². The molecule has 0 saturated carbocycles. The highest BCUT2D eigenvalue weighted by Gasteiger charge is 2.32. The molecule has 5 nitrogen and oxygen atoms in total. The fourth-order valence-corrected chi connectivity index (χ4v) is 2.62. The minimum atomic E-state index is -0.246. The molecule has 0 bridgehead atoms. The molecule has 1 rings (SSSR count). The lowest BCUT2D eigenvalue weighted by atomic mass is 10.0. The fraction of sp³-hybridized carbons (Fsp3) is 0.857. The van der Waals surface area contributed by atoms with Gasteiger partial charge in [0.1, 0.15) is 0 Å². The fourth-order valence-electron chi connectivity index (χ4n) is 2.49. The zero-order valence-electron chi connectivity index (χ0n) is 13.2. The average molecular weight is 300 g/mol. The number of hydrogen-bond acceptors (Lipinski definition) is 4. The minimum Gasteiger partial charge on any atom is -0.392 e. The van der Waals surface area contributed by atoms with Crippen molar-refractivity contribution < 1.29 is 4.79 Å². The molecule has 1 aliphatic rings. The Morgan fingerprint density at radius 2 is 1.70 bits per heavy atom. The third-order valence-electron chi connectivity index (χ3n) is 4.24. The van der Waals surface area contributed by atoms with E-state index in [9.17, 15) is 4.79 Å². The summed E-state index contributed by atoms with van der Waals surface area (Å²) in [7, 11) is 0. The number of thiocarbonyl (C=S) groups is 1. The molecule has 2 N–H and O–H groups in total. The number of carbonyl (C=O) groups is 1. The Morgan fingerprint density at radius 3 is 2.10 bits per heavy atom. The van der Waals surface area contributed by atoms with Crippen LogP contribution in [0.3, 0.4) is 0 Å². The zero-order chi connectivity index (χ0) is 15.3. The Morgan fingerprint density at radius 1 is 1.20 bits per heavy atom. The number of rotatable bonds is 6. The summed E-state index contributed by atoms with van der Waals surface area (Å²) >= 11 is 5.14. The second kappa shape index (κ2) is 7.33. The molecule has 20 heavy (non-hydrogen) atoms. The van der Waals surface area contributed by atoms with Crippen LogP contribution in [0.15, 0.2) is 0 Å². The van der Waals surface area contributed by atoms with Crippen molar-refractivity contribution in [2.75, 3.05) is 45.8 Å². The van der Waals surface area contributed by atoms with Crippen LogP contribution in [0, 0.1) is 0 Å². The van der Waals surface area contributed by atoms with Gasteiger partial charge in [-0.15, -0.1) is 0 Å². The second-order valence-electron chi connectivity index (χ2n) is 5.75. The molecule has 1 aliphatic heterocycles. The van der Waals surface area contributed by atoms with Crippen molar-refractivity contribution in [1.82, 2.24) is 14.7 Å². The zero-order valence-corrected chi connectivity index (χ0v) is 14.0. The molecule has 0 spiro atoms. The number of piperazine rings is 1. The molecule has 0 radical (unpaired) electrons. The van der Waals surface area contributed by atoms with Gasteiger partial charge in [-0.05, 0) is 27.7 Å². The first kappa shape index (κ1) is 17.3. The molecule has 0 aliphatic carbocycles. The lowest BCUT2D eigenvalue weighted by molar-refractivity contribution is -0.132. The Balaban J connectivity index is 2.47. The predicted octanol–water partition coefficient (Wildman–Crippen LogP) is 0.537. The highest BCUT2D eigenvalue weighted by molar-refractivity contribution is 7.80. The molecule has 116 valence electrons. The maximum atomic E-state index is 12.1. The maximum absolute atomic E-state index is 12.1. The molecular weight excluding hydrogens is 272 g/mol. The normalized spacial score (nSPS) is 18.0. The third-order valence-corrected chi connectivity index (χ3v) is 4.74. The Hall–Kier alpha value is -0.720. The molecule has 0 unspecified atom stereocenters. The van der Waals surface area contributed by atoms with Crippen LogP contribution in [0.1, 0.15) is 27.7 Å². The summed E-state index contributed by atoms with van der Waals surface area (Å²) in [6.07, 6.45) is 0. The van der Waals surface area contributed by atoms with Crippen molar-refractivity contribution in [3.8, 4) is 0 Å². The number of likely N-dealkylation sites (N-methyl/N-ethyl adjacent to an activating group) is 1. The topological polar surface area (TPSA) is 52.8 Å². The molecule has 0 atom stereocenters. The Labute approximate surface area is 128 Å². The first-order chi connectivity index (χ1) is 9.32. The van der Waals surface area contributed by atoms with Gasteiger partial charge in [-0.25, -0.2) is 0 Å². The van der Waals surface area contributed by atoms with E-state index in [1.165, 1.54) is 0 Å². The van der Waals surface area contributed by atoms with Crippen LogP contribution in [0.5, 0.6) is 0 Å². The standard InChI is InChI=1S/C14H28N4OS/c1-5-17(6-2)12(19)11-16-7-9-18(10-8-16)14(3,4)13(15)20/h5-11H2,1-4H3,(H2,15,20). The van der Waals surface area contributed by atoms with Gasteiger partial charge in [0.25, 0.3) is 0 Å². The van der Waals surface area contributed by atoms with Gasteiger partial charge in [0.2, 0.25) is 5.91 Å². The number of nitrogens with two attached hydrogens (primary N) is 1. The molecule has 0 aromatic carbocycles. The molecule has 0 aromatic rings. The summed E-state index contributed by atoms with van der Waals surface area (Å²) in [5.74, 6) is 0.219. The van der Waals surface area contributed by atoms with E-state index in [0.717, 1.165) is 39.3 Å².